The lowest BCUT2D eigenvalue weighted by molar-refractivity contribution is -0.163. The Balaban J connectivity index is 1.14. The van der Waals surface area contributed by atoms with Crippen LogP contribution in [0.5, 0.6) is 0 Å². The zero-order valence-corrected chi connectivity index (χ0v) is 16.6. The Morgan fingerprint density at radius 1 is 1.14 bits per heavy atom. The molecule has 1 saturated heterocycles. The second-order valence-corrected chi connectivity index (χ2v) is 9.61. The van der Waals surface area contributed by atoms with Gasteiger partial charge < -0.3 is 10.0 Å². The van der Waals surface area contributed by atoms with Gasteiger partial charge in [-0.3, -0.25) is 4.79 Å². The van der Waals surface area contributed by atoms with Crippen molar-refractivity contribution in [3.05, 3.63) is 48.3 Å². The monoisotopic (exact) mass is 379 g/mol. The van der Waals surface area contributed by atoms with E-state index in [1.54, 1.807) is 6.20 Å². The first kappa shape index (κ1) is 17.9. The van der Waals surface area contributed by atoms with Gasteiger partial charge in [0, 0.05) is 36.8 Å². The number of hydrogen-bond acceptors (Lipinski definition) is 3. The fourth-order valence-corrected chi connectivity index (χ4v) is 5.55. The standard InChI is InChI=1S/C23H29N3O2/c1-22(28)13-19(14-22)21(27)25-15-23(16-25)9-7-18(8-10-23)17-3-5-20(6-4-17)26-12-2-11-24-26/h2-6,11-12,18-19,28H,7-10,13-16H2,1H3. The number of carbonyl (C=O) groups excluding carboxylic acids is 1. The van der Waals surface area contributed by atoms with Crippen LogP contribution in [0.1, 0.15) is 56.9 Å². The van der Waals surface area contributed by atoms with Gasteiger partial charge in [-0.25, -0.2) is 4.68 Å². The van der Waals surface area contributed by atoms with Crippen molar-refractivity contribution >= 4 is 5.91 Å². The number of nitrogens with zero attached hydrogens (tertiary/aromatic N) is 3. The van der Waals surface area contributed by atoms with E-state index in [1.165, 1.54) is 31.2 Å². The first-order valence-electron chi connectivity index (χ1n) is 10.5. The Hall–Kier alpha value is -2.14. The molecule has 148 valence electrons. The van der Waals surface area contributed by atoms with E-state index in [2.05, 4.69) is 29.4 Å². The summed E-state index contributed by atoms with van der Waals surface area (Å²) in [6.07, 6.45) is 9.87. The van der Waals surface area contributed by atoms with Crippen LogP contribution in [0.25, 0.3) is 5.69 Å². The van der Waals surface area contributed by atoms with Gasteiger partial charge in [0.1, 0.15) is 0 Å². The molecule has 1 N–H and O–H groups in total. The van der Waals surface area contributed by atoms with E-state index in [0.717, 1.165) is 18.8 Å². The molecule has 5 rings (SSSR count). The topological polar surface area (TPSA) is 58.4 Å². The molecule has 0 atom stereocenters. The summed E-state index contributed by atoms with van der Waals surface area (Å²) < 4.78 is 1.89. The Morgan fingerprint density at radius 2 is 1.82 bits per heavy atom. The quantitative estimate of drug-likeness (QED) is 0.888. The molecule has 5 heteroatoms. The molecule has 1 aliphatic heterocycles. The summed E-state index contributed by atoms with van der Waals surface area (Å²) in [6, 6.07) is 10.8. The predicted octanol–water partition coefficient (Wildman–Crippen LogP) is 3.52. The van der Waals surface area contributed by atoms with E-state index in [4.69, 9.17) is 0 Å². The predicted molar refractivity (Wildman–Crippen MR) is 107 cm³/mol. The molecule has 2 heterocycles. The molecule has 2 aromatic rings. The smallest absolute Gasteiger partial charge is 0.225 e. The number of benzene rings is 1. The summed E-state index contributed by atoms with van der Waals surface area (Å²) in [4.78, 5) is 14.6. The van der Waals surface area contributed by atoms with Crippen molar-refractivity contribution in [2.45, 2.75) is 57.0 Å². The maximum atomic E-state index is 12.5. The largest absolute Gasteiger partial charge is 0.390 e. The summed E-state index contributed by atoms with van der Waals surface area (Å²) in [6.45, 7) is 3.68. The Morgan fingerprint density at radius 3 is 2.39 bits per heavy atom. The third kappa shape index (κ3) is 3.16. The second-order valence-electron chi connectivity index (χ2n) is 9.61. The fraction of sp³-hybridized carbons (Fsp3) is 0.565. The molecule has 0 unspecified atom stereocenters. The SMILES string of the molecule is CC1(O)CC(C(=O)N2CC3(CCC(c4ccc(-n5cccn5)cc4)CC3)C2)C1. The number of aliphatic hydroxyl groups is 1. The van der Waals surface area contributed by atoms with Crippen molar-refractivity contribution in [2.75, 3.05) is 13.1 Å². The second kappa shape index (κ2) is 6.45. The molecule has 2 saturated carbocycles. The van der Waals surface area contributed by atoms with Gasteiger partial charge in [-0.05, 0) is 75.1 Å². The van der Waals surface area contributed by atoms with Gasteiger partial charge in [0.25, 0.3) is 0 Å². The minimum Gasteiger partial charge on any atom is -0.390 e. The van der Waals surface area contributed by atoms with E-state index in [-0.39, 0.29) is 11.8 Å². The summed E-state index contributed by atoms with van der Waals surface area (Å²) >= 11 is 0. The molecule has 5 nitrogen and oxygen atoms in total. The lowest BCUT2D eigenvalue weighted by atomic mass is 9.64. The van der Waals surface area contributed by atoms with Crippen molar-refractivity contribution in [2.24, 2.45) is 11.3 Å². The number of hydrogen-bond donors (Lipinski definition) is 1. The lowest BCUT2D eigenvalue weighted by Gasteiger charge is -2.55. The van der Waals surface area contributed by atoms with Crippen LogP contribution >= 0.6 is 0 Å². The van der Waals surface area contributed by atoms with E-state index >= 15 is 0 Å². The molecule has 1 spiro atoms. The zero-order valence-electron chi connectivity index (χ0n) is 16.6. The van der Waals surface area contributed by atoms with Crippen molar-refractivity contribution in [3.63, 3.8) is 0 Å². The van der Waals surface area contributed by atoms with Crippen LogP contribution in [-0.4, -0.2) is 44.4 Å². The molecule has 3 fully saturated rings. The van der Waals surface area contributed by atoms with Crippen LogP contribution < -0.4 is 0 Å². The molecular weight excluding hydrogens is 350 g/mol. The van der Waals surface area contributed by atoms with Crippen molar-refractivity contribution in [3.8, 4) is 5.69 Å². The first-order chi connectivity index (χ1) is 13.4. The fourth-order valence-electron chi connectivity index (χ4n) is 5.55. The summed E-state index contributed by atoms with van der Waals surface area (Å²) in [5.74, 6) is 0.953. The Bertz CT molecular complexity index is 832. The molecular formula is C23H29N3O2. The van der Waals surface area contributed by atoms with Gasteiger partial charge in [0.05, 0.1) is 11.3 Å². The molecule has 0 radical (unpaired) electrons. The van der Waals surface area contributed by atoms with E-state index in [0.29, 0.717) is 24.2 Å². The highest BCUT2D eigenvalue weighted by atomic mass is 16.3. The number of carbonyl (C=O) groups is 1. The van der Waals surface area contributed by atoms with Gasteiger partial charge in [-0.2, -0.15) is 5.10 Å². The minimum absolute atomic E-state index is 0.0528. The van der Waals surface area contributed by atoms with Gasteiger partial charge >= 0.3 is 0 Å². The van der Waals surface area contributed by atoms with E-state index < -0.39 is 5.60 Å². The minimum atomic E-state index is -0.617. The Labute approximate surface area is 166 Å². The van der Waals surface area contributed by atoms with Crippen LogP contribution in [0.15, 0.2) is 42.7 Å². The third-order valence-corrected chi connectivity index (χ3v) is 7.27. The first-order valence-corrected chi connectivity index (χ1v) is 10.5. The highest BCUT2D eigenvalue weighted by Gasteiger charge is 2.51. The highest BCUT2D eigenvalue weighted by Crippen LogP contribution is 2.49. The number of rotatable bonds is 3. The molecule has 1 aromatic heterocycles. The average molecular weight is 380 g/mol. The van der Waals surface area contributed by atoms with Crippen LogP contribution in [0, 0.1) is 11.3 Å². The molecule has 28 heavy (non-hydrogen) atoms. The molecule has 1 aromatic carbocycles. The third-order valence-electron chi connectivity index (χ3n) is 7.27. The van der Waals surface area contributed by atoms with Crippen LogP contribution in [-0.2, 0) is 4.79 Å². The number of amides is 1. The van der Waals surface area contributed by atoms with Crippen molar-refractivity contribution < 1.29 is 9.90 Å². The summed E-state index contributed by atoms with van der Waals surface area (Å²) in [5.41, 5.74) is 2.26. The Kier molecular flexibility index (Phi) is 4.13. The maximum Gasteiger partial charge on any atom is 0.225 e. The van der Waals surface area contributed by atoms with Gasteiger partial charge in [-0.15, -0.1) is 0 Å². The molecule has 3 aliphatic rings. The highest BCUT2D eigenvalue weighted by molar-refractivity contribution is 5.81. The molecule has 1 amide bonds. The van der Waals surface area contributed by atoms with Gasteiger partial charge in [-0.1, -0.05) is 12.1 Å². The van der Waals surface area contributed by atoms with E-state index in [9.17, 15) is 9.90 Å². The van der Waals surface area contributed by atoms with E-state index in [1.807, 2.05) is 28.8 Å². The molecule has 2 aliphatic carbocycles. The number of likely N-dealkylation sites (tertiary alicyclic amines) is 1. The van der Waals surface area contributed by atoms with Crippen LogP contribution in [0.2, 0.25) is 0 Å². The maximum absolute atomic E-state index is 12.5. The van der Waals surface area contributed by atoms with Crippen molar-refractivity contribution in [1.82, 2.24) is 14.7 Å². The zero-order chi connectivity index (χ0) is 19.4. The average Bonchev–Trinajstić information content (AvgIpc) is 3.19. The normalized spacial score (nSPS) is 29.4. The number of aromatic nitrogens is 2. The summed E-state index contributed by atoms with van der Waals surface area (Å²) in [7, 11) is 0. The van der Waals surface area contributed by atoms with Gasteiger partial charge in [0.15, 0.2) is 0 Å². The van der Waals surface area contributed by atoms with Crippen LogP contribution in [0.4, 0.5) is 0 Å². The summed E-state index contributed by atoms with van der Waals surface area (Å²) in [5, 5.41) is 14.2. The van der Waals surface area contributed by atoms with Crippen molar-refractivity contribution in [1.29, 1.82) is 0 Å². The lowest BCUT2D eigenvalue weighted by Crippen LogP contribution is -2.62. The molecule has 0 bridgehead atoms. The van der Waals surface area contributed by atoms with Gasteiger partial charge in [0.2, 0.25) is 5.91 Å². The van der Waals surface area contributed by atoms with Crippen LogP contribution in [0.3, 0.4) is 0 Å².